The van der Waals surface area contributed by atoms with Crippen molar-refractivity contribution in [3.8, 4) is 11.4 Å². The molecule has 0 spiro atoms. The van der Waals surface area contributed by atoms with Gasteiger partial charge in [0.25, 0.3) is 10.0 Å². The maximum absolute atomic E-state index is 13.6. The summed E-state index contributed by atoms with van der Waals surface area (Å²) in [7, 11) is -2.56. The third-order valence-electron chi connectivity index (χ3n) is 5.63. The number of halogens is 3. The van der Waals surface area contributed by atoms with Crippen LogP contribution in [0, 0.1) is 0 Å². The molecule has 0 fully saturated rings. The van der Waals surface area contributed by atoms with E-state index in [1.165, 1.54) is 29.2 Å². The highest BCUT2D eigenvalue weighted by molar-refractivity contribution is 7.90. The molecule has 3 heterocycles. The van der Waals surface area contributed by atoms with E-state index in [1.54, 1.807) is 30.3 Å². The van der Waals surface area contributed by atoms with Crippen LogP contribution in [0.2, 0.25) is 0 Å². The number of aryl methyl sites for hydroxylation is 1. The lowest BCUT2D eigenvalue weighted by atomic mass is 10.1. The fraction of sp³-hybridized carbons (Fsp3) is 0.120. The number of hydrogen-bond acceptors (Lipinski definition) is 4. The minimum absolute atomic E-state index is 0.123. The molecule has 0 aliphatic carbocycles. The van der Waals surface area contributed by atoms with Crippen LogP contribution in [-0.2, 0) is 29.7 Å². The van der Waals surface area contributed by atoms with Crippen molar-refractivity contribution in [1.82, 2.24) is 18.7 Å². The molecule has 0 unspecified atom stereocenters. The lowest BCUT2D eigenvalue weighted by Crippen LogP contribution is -2.16. The molecule has 0 bridgehead atoms. The molecule has 3 aromatic heterocycles. The standard InChI is InChI=1S/C25H19F3N4O2S/c1-31-23(16-24(30-31)25(26,27)28)20-12-13-22-21(29-20)15-18(14-17-8-4-2-5-9-17)32(22)35(33,34)19-10-6-3-7-11-19/h2-13,15-16H,14H2,1H3. The average molecular weight is 497 g/mol. The van der Waals surface area contributed by atoms with E-state index in [1.807, 2.05) is 30.3 Å². The topological polar surface area (TPSA) is 69.8 Å². The molecule has 0 N–H and O–H groups in total. The molecule has 0 radical (unpaired) electrons. The van der Waals surface area contributed by atoms with Crippen molar-refractivity contribution in [2.24, 2.45) is 7.05 Å². The molecule has 5 rings (SSSR count). The van der Waals surface area contributed by atoms with Crippen molar-refractivity contribution < 1.29 is 21.6 Å². The Morgan fingerprint density at radius 2 is 1.54 bits per heavy atom. The van der Waals surface area contributed by atoms with E-state index in [2.05, 4.69) is 10.1 Å². The van der Waals surface area contributed by atoms with Crippen molar-refractivity contribution >= 4 is 21.1 Å². The summed E-state index contributed by atoms with van der Waals surface area (Å²) >= 11 is 0. The van der Waals surface area contributed by atoms with Crippen LogP contribution in [0.15, 0.2) is 89.8 Å². The maximum Gasteiger partial charge on any atom is 0.435 e. The third-order valence-corrected chi connectivity index (χ3v) is 7.41. The Labute approximate surface area is 199 Å². The first kappa shape index (κ1) is 22.9. The lowest BCUT2D eigenvalue weighted by molar-refractivity contribution is -0.141. The van der Waals surface area contributed by atoms with Crippen LogP contribution in [0.25, 0.3) is 22.4 Å². The summed E-state index contributed by atoms with van der Waals surface area (Å²) in [5.74, 6) is 0. The maximum atomic E-state index is 13.6. The summed E-state index contributed by atoms with van der Waals surface area (Å²) in [5.41, 5.74) is 1.48. The normalized spacial score (nSPS) is 12.3. The Kier molecular flexibility index (Phi) is 5.47. The van der Waals surface area contributed by atoms with E-state index in [-0.39, 0.29) is 16.3 Å². The molecule has 2 aromatic carbocycles. The van der Waals surface area contributed by atoms with Gasteiger partial charge in [0.05, 0.1) is 27.3 Å². The Bertz CT molecular complexity index is 1620. The van der Waals surface area contributed by atoms with E-state index in [9.17, 15) is 21.6 Å². The Hall–Kier alpha value is -3.92. The van der Waals surface area contributed by atoms with Crippen LogP contribution in [0.5, 0.6) is 0 Å². The van der Waals surface area contributed by atoms with Gasteiger partial charge in [0.2, 0.25) is 0 Å². The molecule has 35 heavy (non-hydrogen) atoms. The second-order valence-electron chi connectivity index (χ2n) is 8.02. The van der Waals surface area contributed by atoms with Crippen LogP contribution in [0.1, 0.15) is 17.0 Å². The molecule has 10 heteroatoms. The zero-order valence-electron chi connectivity index (χ0n) is 18.4. The number of hydrogen-bond donors (Lipinski definition) is 0. The minimum Gasteiger partial charge on any atom is -0.266 e. The van der Waals surface area contributed by atoms with Gasteiger partial charge in [-0.3, -0.25) is 4.68 Å². The van der Waals surface area contributed by atoms with Gasteiger partial charge in [-0.1, -0.05) is 48.5 Å². The summed E-state index contributed by atoms with van der Waals surface area (Å²) in [5, 5.41) is 3.55. The predicted octanol–water partition coefficient (Wildman–Crippen LogP) is 5.28. The van der Waals surface area contributed by atoms with E-state index in [0.717, 1.165) is 16.3 Å². The molecular formula is C25H19F3N4O2S. The van der Waals surface area contributed by atoms with Crippen molar-refractivity contribution in [1.29, 1.82) is 0 Å². The minimum atomic E-state index is -4.59. The van der Waals surface area contributed by atoms with Gasteiger partial charge in [-0.2, -0.15) is 18.3 Å². The summed E-state index contributed by atoms with van der Waals surface area (Å²) in [6, 6.07) is 23.1. The molecule has 178 valence electrons. The number of nitrogens with zero attached hydrogens (tertiary/aromatic N) is 4. The summed E-state index contributed by atoms with van der Waals surface area (Å²) in [4.78, 5) is 4.64. The fourth-order valence-electron chi connectivity index (χ4n) is 4.01. The molecule has 0 saturated heterocycles. The Morgan fingerprint density at radius 3 is 2.17 bits per heavy atom. The van der Waals surface area contributed by atoms with Gasteiger partial charge in [-0.15, -0.1) is 0 Å². The highest BCUT2D eigenvalue weighted by atomic mass is 32.2. The highest BCUT2D eigenvalue weighted by Gasteiger charge is 2.35. The molecule has 5 aromatic rings. The van der Waals surface area contributed by atoms with Gasteiger partial charge in [-0.25, -0.2) is 17.4 Å². The number of fused-ring (bicyclic) bond motifs is 1. The van der Waals surface area contributed by atoms with Crippen LogP contribution in [0.4, 0.5) is 13.2 Å². The van der Waals surface area contributed by atoms with Gasteiger partial charge in [0, 0.05) is 19.2 Å². The summed E-state index contributed by atoms with van der Waals surface area (Å²) < 4.78 is 69.1. The molecule has 0 aliphatic heterocycles. The lowest BCUT2D eigenvalue weighted by Gasteiger charge is -2.12. The monoisotopic (exact) mass is 496 g/mol. The largest absolute Gasteiger partial charge is 0.435 e. The van der Waals surface area contributed by atoms with Crippen LogP contribution in [-0.4, -0.2) is 27.2 Å². The van der Waals surface area contributed by atoms with E-state index in [0.29, 0.717) is 23.1 Å². The second kappa shape index (κ2) is 8.38. The first-order valence-corrected chi connectivity index (χ1v) is 12.1. The number of aromatic nitrogens is 4. The van der Waals surface area contributed by atoms with Crippen LogP contribution < -0.4 is 0 Å². The highest BCUT2D eigenvalue weighted by Crippen LogP contribution is 2.33. The number of rotatable bonds is 5. The average Bonchev–Trinajstić information content (AvgIpc) is 3.40. The molecule has 0 atom stereocenters. The molecule has 0 aliphatic rings. The molecule has 0 saturated carbocycles. The van der Waals surface area contributed by atoms with E-state index < -0.39 is 21.9 Å². The van der Waals surface area contributed by atoms with Crippen LogP contribution in [0.3, 0.4) is 0 Å². The number of benzene rings is 2. The van der Waals surface area contributed by atoms with E-state index >= 15 is 0 Å². The number of pyridine rings is 1. The first-order valence-electron chi connectivity index (χ1n) is 10.6. The van der Waals surface area contributed by atoms with Crippen LogP contribution >= 0.6 is 0 Å². The number of alkyl halides is 3. The van der Waals surface area contributed by atoms with Gasteiger partial charge < -0.3 is 0 Å². The summed E-state index contributed by atoms with van der Waals surface area (Å²) in [6.07, 6.45) is -4.27. The van der Waals surface area contributed by atoms with Gasteiger partial charge in [-0.05, 0) is 42.0 Å². The first-order chi connectivity index (χ1) is 16.6. The molecular weight excluding hydrogens is 477 g/mol. The third kappa shape index (κ3) is 4.21. The zero-order valence-corrected chi connectivity index (χ0v) is 19.3. The van der Waals surface area contributed by atoms with Crippen molar-refractivity contribution in [2.45, 2.75) is 17.5 Å². The van der Waals surface area contributed by atoms with Crippen molar-refractivity contribution in [3.63, 3.8) is 0 Å². The van der Waals surface area contributed by atoms with Crippen molar-refractivity contribution in [2.75, 3.05) is 0 Å². The van der Waals surface area contributed by atoms with Gasteiger partial charge >= 0.3 is 6.18 Å². The summed E-state index contributed by atoms with van der Waals surface area (Å²) in [6.45, 7) is 0. The molecule has 0 amide bonds. The Balaban J connectivity index is 1.69. The predicted molar refractivity (Wildman–Crippen MR) is 125 cm³/mol. The fourth-order valence-corrected chi connectivity index (χ4v) is 5.57. The second-order valence-corrected chi connectivity index (χ2v) is 9.80. The SMILES string of the molecule is Cn1nc(C(F)(F)F)cc1-c1ccc2c(cc(Cc3ccccc3)n2S(=O)(=O)c2ccccc2)n1. The van der Waals surface area contributed by atoms with Crippen molar-refractivity contribution in [3.05, 3.63) is 102 Å². The zero-order chi connectivity index (χ0) is 24.8. The van der Waals surface area contributed by atoms with Gasteiger partial charge in [0.15, 0.2) is 5.69 Å². The van der Waals surface area contributed by atoms with Gasteiger partial charge in [0.1, 0.15) is 0 Å². The Morgan fingerprint density at radius 1 is 0.886 bits per heavy atom. The van der Waals surface area contributed by atoms with E-state index in [4.69, 9.17) is 0 Å². The molecule has 6 nitrogen and oxygen atoms in total. The quantitative estimate of drug-likeness (QED) is 0.332. The smallest absolute Gasteiger partial charge is 0.266 e.